The van der Waals surface area contributed by atoms with Gasteiger partial charge in [0, 0.05) is 11.6 Å². The van der Waals surface area contributed by atoms with Gasteiger partial charge in [-0.15, -0.1) is 11.3 Å². The van der Waals surface area contributed by atoms with Gasteiger partial charge in [-0.25, -0.2) is 9.78 Å². The summed E-state index contributed by atoms with van der Waals surface area (Å²) in [6.07, 6.45) is 3.10. The van der Waals surface area contributed by atoms with Gasteiger partial charge in [-0.1, -0.05) is 0 Å². The standard InChI is InChI=1S/C10H8N2O2S/c1-7-12-9(6-15-7)10(13)14-8-3-2-4-11-5-8/h2-6H,1H3. The van der Waals surface area contributed by atoms with E-state index in [0.717, 1.165) is 5.01 Å². The first kappa shape index (κ1) is 9.79. The van der Waals surface area contributed by atoms with Crippen LogP contribution in [-0.2, 0) is 0 Å². The number of thiazole rings is 1. The normalized spacial score (nSPS) is 9.93. The summed E-state index contributed by atoms with van der Waals surface area (Å²) < 4.78 is 5.06. The zero-order chi connectivity index (χ0) is 10.7. The van der Waals surface area contributed by atoms with Crippen LogP contribution in [0.2, 0.25) is 0 Å². The monoisotopic (exact) mass is 220 g/mol. The van der Waals surface area contributed by atoms with E-state index in [1.165, 1.54) is 17.5 Å². The number of hydrogen-bond donors (Lipinski definition) is 0. The first-order valence-corrected chi connectivity index (χ1v) is 5.18. The molecule has 2 heterocycles. The van der Waals surface area contributed by atoms with Crippen molar-refractivity contribution >= 4 is 17.3 Å². The van der Waals surface area contributed by atoms with Crippen molar-refractivity contribution < 1.29 is 9.53 Å². The highest BCUT2D eigenvalue weighted by atomic mass is 32.1. The Hall–Kier alpha value is -1.75. The van der Waals surface area contributed by atoms with Crippen molar-refractivity contribution in [3.63, 3.8) is 0 Å². The first-order valence-electron chi connectivity index (χ1n) is 4.30. The molecular weight excluding hydrogens is 212 g/mol. The van der Waals surface area contributed by atoms with Gasteiger partial charge >= 0.3 is 5.97 Å². The van der Waals surface area contributed by atoms with Crippen LogP contribution in [0, 0.1) is 6.92 Å². The van der Waals surface area contributed by atoms with Crippen molar-refractivity contribution in [2.75, 3.05) is 0 Å². The molecule has 0 aliphatic heterocycles. The second-order valence-corrected chi connectivity index (χ2v) is 3.89. The number of aryl methyl sites for hydroxylation is 1. The molecule has 0 fully saturated rings. The molecule has 4 nitrogen and oxygen atoms in total. The number of ether oxygens (including phenoxy) is 1. The molecular formula is C10H8N2O2S. The molecule has 0 atom stereocenters. The van der Waals surface area contributed by atoms with E-state index in [9.17, 15) is 4.79 Å². The Balaban J connectivity index is 2.11. The molecule has 2 aromatic heterocycles. The molecule has 0 amide bonds. The van der Waals surface area contributed by atoms with E-state index < -0.39 is 5.97 Å². The third kappa shape index (κ3) is 2.38. The Morgan fingerprint density at radius 3 is 3.00 bits per heavy atom. The number of carbonyl (C=O) groups is 1. The smallest absolute Gasteiger partial charge is 0.363 e. The van der Waals surface area contributed by atoms with E-state index in [0.29, 0.717) is 11.4 Å². The summed E-state index contributed by atoms with van der Waals surface area (Å²) in [6.45, 7) is 1.84. The lowest BCUT2D eigenvalue weighted by Gasteiger charge is -1.99. The number of esters is 1. The molecule has 0 spiro atoms. The van der Waals surface area contributed by atoms with E-state index in [1.54, 1.807) is 23.7 Å². The summed E-state index contributed by atoms with van der Waals surface area (Å²) in [4.78, 5) is 19.4. The molecule has 0 N–H and O–H groups in total. The van der Waals surface area contributed by atoms with E-state index >= 15 is 0 Å². The molecule has 15 heavy (non-hydrogen) atoms. The highest BCUT2D eigenvalue weighted by Crippen LogP contribution is 2.12. The maximum atomic E-state index is 11.5. The summed E-state index contributed by atoms with van der Waals surface area (Å²) >= 11 is 1.42. The number of hydrogen-bond acceptors (Lipinski definition) is 5. The van der Waals surface area contributed by atoms with Crippen molar-refractivity contribution in [3.05, 3.63) is 40.6 Å². The summed E-state index contributed by atoms with van der Waals surface area (Å²) in [7, 11) is 0. The fourth-order valence-electron chi connectivity index (χ4n) is 1.02. The maximum Gasteiger partial charge on any atom is 0.363 e. The Kier molecular flexibility index (Phi) is 2.73. The molecule has 0 aliphatic carbocycles. The third-order valence-electron chi connectivity index (χ3n) is 1.67. The van der Waals surface area contributed by atoms with E-state index in [1.807, 2.05) is 6.92 Å². The SMILES string of the molecule is Cc1nc(C(=O)Oc2cccnc2)cs1. The first-order chi connectivity index (χ1) is 7.25. The van der Waals surface area contributed by atoms with Gasteiger partial charge in [0.05, 0.1) is 11.2 Å². The minimum atomic E-state index is -0.452. The number of aromatic nitrogens is 2. The second-order valence-electron chi connectivity index (χ2n) is 2.83. The van der Waals surface area contributed by atoms with Crippen LogP contribution < -0.4 is 4.74 Å². The number of rotatable bonds is 2. The lowest BCUT2D eigenvalue weighted by Crippen LogP contribution is -2.08. The van der Waals surface area contributed by atoms with Gasteiger partial charge in [0.2, 0.25) is 0 Å². The van der Waals surface area contributed by atoms with Crippen molar-refractivity contribution in [3.8, 4) is 5.75 Å². The van der Waals surface area contributed by atoms with Crippen LogP contribution in [-0.4, -0.2) is 15.9 Å². The molecule has 5 heteroatoms. The Bertz CT molecular complexity index is 467. The van der Waals surface area contributed by atoms with Gasteiger partial charge in [-0.3, -0.25) is 4.98 Å². The van der Waals surface area contributed by atoms with Crippen LogP contribution in [0.15, 0.2) is 29.9 Å². The van der Waals surface area contributed by atoms with Gasteiger partial charge in [-0.05, 0) is 19.1 Å². The van der Waals surface area contributed by atoms with Crippen molar-refractivity contribution in [1.82, 2.24) is 9.97 Å². The Morgan fingerprint density at radius 2 is 2.40 bits per heavy atom. The van der Waals surface area contributed by atoms with Gasteiger partial charge < -0.3 is 4.74 Å². The largest absolute Gasteiger partial charge is 0.420 e. The average Bonchev–Trinajstić information content (AvgIpc) is 2.66. The molecule has 76 valence electrons. The summed E-state index contributed by atoms with van der Waals surface area (Å²) in [6, 6.07) is 3.37. The highest BCUT2D eigenvalue weighted by Gasteiger charge is 2.11. The van der Waals surface area contributed by atoms with Crippen molar-refractivity contribution in [2.24, 2.45) is 0 Å². The molecule has 0 unspecified atom stereocenters. The molecule has 0 bridgehead atoms. The molecule has 0 aromatic carbocycles. The summed E-state index contributed by atoms with van der Waals surface area (Å²) in [5.74, 6) is -0.0273. The molecule has 2 aromatic rings. The molecule has 0 aliphatic rings. The molecule has 0 saturated heterocycles. The van der Waals surface area contributed by atoms with Crippen molar-refractivity contribution in [2.45, 2.75) is 6.92 Å². The lowest BCUT2D eigenvalue weighted by molar-refractivity contribution is 0.0728. The minimum absolute atomic E-state index is 0.335. The highest BCUT2D eigenvalue weighted by molar-refractivity contribution is 7.09. The van der Waals surface area contributed by atoms with Gasteiger partial charge in [0.1, 0.15) is 5.75 Å². The van der Waals surface area contributed by atoms with E-state index in [-0.39, 0.29) is 0 Å². The fourth-order valence-corrected chi connectivity index (χ4v) is 1.61. The second kappa shape index (κ2) is 4.18. The fraction of sp³-hybridized carbons (Fsp3) is 0.100. The predicted octanol–water partition coefficient (Wildman–Crippen LogP) is 2.07. The Labute approximate surface area is 90.6 Å². The van der Waals surface area contributed by atoms with Crippen LogP contribution >= 0.6 is 11.3 Å². The van der Waals surface area contributed by atoms with Crippen LogP contribution in [0.3, 0.4) is 0 Å². The molecule has 2 rings (SSSR count). The maximum absolute atomic E-state index is 11.5. The van der Waals surface area contributed by atoms with Gasteiger partial charge in [0.25, 0.3) is 0 Å². The Morgan fingerprint density at radius 1 is 1.53 bits per heavy atom. The number of carbonyl (C=O) groups excluding carboxylic acids is 1. The lowest BCUT2D eigenvalue weighted by atomic mass is 10.4. The average molecular weight is 220 g/mol. The van der Waals surface area contributed by atoms with Crippen LogP contribution in [0.4, 0.5) is 0 Å². The van der Waals surface area contributed by atoms with Crippen molar-refractivity contribution in [1.29, 1.82) is 0 Å². The van der Waals surface area contributed by atoms with E-state index in [2.05, 4.69) is 9.97 Å². The number of nitrogens with zero attached hydrogens (tertiary/aromatic N) is 2. The quantitative estimate of drug-likeness (QED) is 0.727. The minimum Gasteiger partial charge on any atom is -0.420 e. The zero-order valence-corrected chi connectivity index (χ0v) is 8.82. The third-order valence-corrected chi connectivity index (χ3v) is 2.45. The van der Waals surface area contributed by atoms with Crippen LogP contribution in [0.25, 0.3) is 0 Å². The molecule has 0 radical (unpaired) electrons. The van der Waals surface area contributed by atoms with Crippen LogP contribution in [0.5, 0.6) is 5.75 Å². The zero-order valence-electron chi connectivity index (χ0n) is 8.01. The van der Waals surface area contributed by atoms with Gasteiger partial charge in [-0.2, -0.15) is 0 Å². The van der Waals surface area contributed by atoms with Gasteiger partial charge in [0.15, 0.2) is 5.69 Å². The van der Waals surface area contributed by atoms with E-state index in [4.69, 9.17) is 4.74 Å². The predicted molar refractivity (Wildman–Crippen MR) is 56.0 cm³/mol. The number of pyridine rings is 1. The topological polar surface area (TPSA) is 52.1 Å². The summed E-state index contributed by atoms with van der Waals surface area (Å²) in [5, 5.41) is 2.52. The molecule has 0 saturated carbocycles. The van der Waals surface area contributed by atoms with Crippen LogP contribution in [0.1, 0.15) is 15.5 Å². The summed E-state index contributed by atoms with van der Waals surface area (Å²) in [5.41, 5.74) is 0.335.